The van der Waals surface area contributed by atoms with Crippen LogP contribution in [0.15, 0.2) is 34.1 Å². The highest BCUT2D eigenvalue weighted by atomic mass is 79.9. The molecule has 1 aromatic heterocycles. The molecule has 0 aliphatic heterocycles. The molecule has 1 heterocycles. The van der Waals surface area contributed by atoms with Crippen molar-refractivity contribution in [2.24, 2.45) is 5.84 Å². The summed E-state index contributed by atoms with van der Waals surface area (Å²) < 4.78 is 27.1. The Morgan fingerprint density at radius 3 is 2.56 bits per heavy atom. The van der Waals surface area contributed by atoms with E-state index >= 15 is 0 Å². The summed E-state index contributed by atoms with van der Waals surface area (Å²) >= 11 is 4.97. The molecule has 96 valence electrons. The van der Waals surface area contributed by atoms with Crippen molar-refractivity contribution < 1.29 is 8.78 Å². The molecule has 1 aromatic carbocycles. The Balaban J connectivity index is 2.19. The van der Waals surface area contributed by atoms with Gasteiger partial charge in [0.2, 0.25) is 0 Å². The molecule has 2 nitrogen and oxygen atoms in total. The molecule has 0 fully saturated rings. The van der Waals surface area contributed by atoms with E-state index in [9.17, 15) is 8.78 Å². The highest BCUT2D eigenvalue weighted by Crippen LogP contribution is 2.27. The number of hydrogen-bond donors (Lipinski definition) is 2. The first-order valence-corrected chi connectivity index (χ1v) is 6.86. The number of nitrogens with two attached hydrogens (primary N) is 1. The minimum absolute atomic E-state index is 0.245. The van der Waals surface area contributed by atoms with Crippen LogP contribution in [0.3, 0.4) is 0 Å². The van der Waals surface area contributed by atoms with E-state index in [1.807, 2.05) is 12.1 Å². The van der Waals surface area contributed by atoms with E-state index in [0.29, 0.717) is 12.0 Å². The lowest BCUT2D eigenvalue weighted by atomic mass is 10.0. The third-order valence-corrected chi connectivity index (χ3v) is 4.23. The number of nitrogens with one attached hydrogen (secondary N) is 1. The van der Waals surface area contributed by atoms with Crippen LogP contribution in [0, 0.1) is 11.6 Å². The number of halogens is 3. The smallest absolute Gasteiger partial charge is 0.159 e. The molecule has 1 atom stereocenters. The van der Waals surface area contributed by atoms with E-state index in [4.69, 9.17) is 5.84 Å². The monoisotopic (exact) mass is 332 g/mol. The van der Waals surface area contributed by atoms with Crippen LogP contribution in [0.4, 0.5) is 8.78 Å². The molecule has 3 N–H and O–H groups in total. The van der Waals surface area contributed by atoms with Crippen molar-refractivity contribution in [1.29, 1.82) is 0 Å². The molecular weight excluding hydrogens is 322 g/mol. The van der Waals surface area contributed by atoms with Crippen molar-refractivity contribution >= 4 is 27.3 Å². The number of thiophene rings is 1. The van der Waals surface area contributed by atoms with Crippen LogP contribution in [0.5, 0.6) is 0 Å². The summed E-state index contributed by atoms with van der Waals surface area (Å²) in [5.74, 6) is 3.76. The van der Waals surface area contributed by atoms with Gasteiger partial charge in [0, 0.05) is 11.3 Å². The van der Waals surface area contributed by atoms with Crippen LogP contribution in [-0.4, -0.2) is 0 Å². The second-order valence-electron chi connectivity index (χ2n) is 3.80. The molecular formula is C12H11BrF2N2S. The van der Waals surface area contributed by atoms with E-state index in [1.54, 1.807) is 11.3 Å². The number of benzene rings is 1. The van der Waals surface area contributed by atoms with Crippen LogP contribution >= 0.6 is 27.3 Å². The van der Waals surface area contributed by atoms with E-state index in [2.05, 4.69) is 21.4 Å². The van der Waals surface area contributed by atoms with Crippen LogP contribution in [0.1, 0.15) is 16.5 Å². The Kier molecular flexibility index (Phi) is 4.45. The molecule has 0 radical (unpaired) electrons. The fraction of sp³-hybridized carbons (Fsp3) is 0.167. The summed E-state index contributed by atoms with van der Waals surface area (Å²) in [5.41, 5.74) is 3.25. The van der Waals surface area contributed by atoms with Crippen molar-refractivity contribution in [2.75, 3.05) is 0 Å². The first-order chi connectivity index (χ1) is 8.60. The highest BCUT2D eigenvalue weighted by molar-refractivity contribution is 9.11. The van der Waals surface area contributed by atoms with Gasteiger partial charge in [-0.2, -0.15) is 0 Å². The van der Waals surface area contributed by atoms with Gasteiger partial charge in [-0.15, -0.1) is 11.3 Å². The third kappa shape index (κ3) is 3.14. The largest absolute Gasteiger partial charge is 0.271 e. The van der Waals surface area contributed by atoms with Crippen molar-refractivity contribution in [3.05, 3.63) is 56.2 Å². The summed E-state index contributed by atoms with van der Waals surface area (Å²) in [6.07, 6.45) is 0.623. The van der Waals surface area contributed by atoms with Crippen molar-refractivity contribution in [3.8, 4) is 0 Å². The molecule has 2 rings (SSSR count). The van der Waals surface area contributed by atoms with Gasteiger partial charge < -0.3 is 0 Å². The number of hydrazine groups is 1. The normalized spacial score (nSPS) is 12.7. The SMILES string of the molecule is NNC(Cc1ccc(Br)s1)c1ccc(F)c(F)c1. The first kappa shape index (κ1) is 13.6. The topological polar surface area (TPSA) is 38.0 Å². The molecule has 0 saturated carbocycles. The Morgan fingerprint density at radius 2 is 2.00 bits per heavy atom. The van der Waals surface area contributed by atoms with E-state index in [0.717, 1.165) is 14.7 Å². The first-order valence-electron chi connectivity index (χ1n) is 5.25. The minimum Gasteiger partial charge on any atom is -0.271 e. The van der Waals surface area contributed by atoms with E-state index in [-0.39, 0.29) is 6.04 Å². The summed E-state index contributed by atoms with van der Waals surface area (Å²) in [4.78, 5) is 1.11. The maximum Gasteiger partial charge on any atom is 0.159 e. The van der Waals surface area contributed by atoms with Gasteiger partial charge in [-0.1, -0.05) is 6.07 Å². The molecule has 0 saturated heterocycles. The van der Waals surface area contributed by atoms with Crippen LogP contribution in [0.25, 0.3) is 0 Å². The minimum atomic E-state index is -0.861. The zero-order valence-electron chi connectivity index (χ0n) is 9.29. The quantitative estimate of drug-likeness (QED) is 0.663. The predicted molar refractivity (Wildman–Crippen MR) is 72.1 cm³/mol. The lowest BCUT2D eigenvalue weighted by Crippen LogP contribution is -2.29. The number of hydrogen-bond acceptors (Lipinski definition) is 3. The Labute approximate surface area is 116 Å². The van der Waals surface area contributed by atoms with Gasteiger partial charge in [0.15, 0.2) is 11.6 Å². The summed E-state index contributed by atoms with van der Waals surface area (Å²) in [6.45, 7) is 0. The van der Waals surface area contributed by atoms with Gasteiger partial charge >= 0.3 is 0 Å². The van der Waals surface area contributed by atoms with E-state index in [1.165, 1.54) is 12.1 Å². The zero-order valence-corrected chi connectivity index (χ0v) is 11.7. The van der Waals surface area contributed by atoms with Gasteiger partial charge in [0.05, 0.1) is 9.83 Å². The van der Waals surface area contributed by atoms with Crippen LogP contribution < -0.4 is 11.3 Å². The Morgan fingerprint density at radius 1 is 1.22 bits per heavy atom. The molecule has 6 heteroatoms. The van der Waals surface area contributed by atoms with Gasteiger partial charge in [0.1, 0.15) is 0 Å². The highest BCUT2D eigenvalue weighted by Gasteiger charge is 2.14. The van der Waals surface area contributed by atoms with Gasteiger partial charge in [0.25, 0.3) is 0 Å². The van der Waals surface area contributed by atoms with Gasteiger partial charge in [-0.05, 0) is 45.8 Å². The fourth-order valence-corrected chi connectivity index (χ4v) is 3.19. The average molecular weight is 333 g/mol. The fourth-order valence-electron chi connectivity index (χ4n) is 1.66. The van der Waals surface area contributed by atoms with Gasteiger partial charge in [-0.25, -0.2) is 8.78 Å². The molecule has 0 bridgehead atoms. The van der Waals surface area contributed by atoms with Crippen molar-refractivity contribution in [3.63, 3.8) is 0 Å². The molecule has 0 spiro atoms. The average Bonchev–Trinajstić information content (AvgIpc) is 2.75. The maximum atomic E-state index is 13.2. The van der Waals surface area contributed by atoms with Crippen LogP contribution in [0.2, 0.25) is 0 Å². The zero-order chi connectivity index (χ0) is 13.1. The van der Waals surface area contributed by atoms with Gasteiger partial charge in [-0.3, -0.25) is 11.3 Å². The van der Waals surface area contributed by atoms with E-state index < -0.39 is 11.6 Å². The molecule has 1 unspecified atom stereocenters. The molecule has 0 aliphatic carbocycles. The van der Waals surface area contributed by atoms with Crippen molar-refractivity contribution in [1.82, 2.24) is 5.43 Å². The van der Waals surface area contributed by atoms with Crippen molar-refractivity contribution in [2.45, 2.75) is 12.5 Å². The third-order valence-electron chi connectivity index (χ3n) is 2.58. The summed E-state index contributed by atoms with van der Waals surface area (Å²) in [7, 11) is 0. The summed E-state index contributed by atoms with van der Waals surface area (Å²) in [5, 5.41) is 0. The molecule has 18 heavy (non-hydrogen) atoms. The second kappa shape index (κ2) is 5.88. The summed E-state index contributed by atoms with van der Waals surface area (Å²) in [6, 6.07) is 7.48. The molecule has 2 aromatic rings. The lowest BCUT2D eigenvalue weighted by Gasteiger charge is -2.15. The maximum absolute atomic E-state index is 13.2. The second-order valence-corrected chi connectivity index (χ2v) is 6.35. The molecule has 0 amide bonds. The number of rotatable bonds is 4. The lowest BCUT2D eigenvalue weighted by molar-refractivity contribution is 0.497. The van der Waals surface area contributed by atoms with Crippen LogP contribution in [-0.2, 0) is 6.42 Å². The molecule has 0 aliphatic rings. The predicted octanol–water partition coefficient (Wildman–Crippen LogP) is 3.54. The Bertz CT molecular complexity index is 545. The standard InChI is InChI=1S/C12H11BrF2N2S/c13-12-4-2-8(18-12)6-11(17-16)7-1-3-9(14)10(15)5-7/h1-5,11,17H,6,16H2. The Hall–Kier alpha value is -0.820.